The molecule has 1 aliphatic rings. The van der Waals surface area contributed by atoms with Crippen LogP contribution in [0.2, 0.25) is 10.0 Å². The fourth-order valence-electron chi connectivity index (χ4n) is 2.86. The third-order valence-electron chi connectivity index (χ3n) is 4.08. The minimum atomic E-state index is -0.433. The number of hydrogen-bond acceptors (Lipinski definition) is 4. The summed E-state index contributed by atoms with van der Waals surface area (Å²) in [6.45, 7) is 2.53. The van der Waals surface area contributed by atoms with Crippen LogP contribution in [0.1, 0.15) is 34.0 Å². The second-order valence-corrected chi connectivity index (χ2v) is 6.66. The molecule has 2 N–H and O–H groups in total. The van der Waals surface area contributed by atoms with Gasteiger partial charge in [-0.25, -0.2) is 4.79 Å². The third kappa shape index (κ3) is 3.87. The van der Waals surface area contributed by atoms with Crippen LogP contribution >= 0.6 is 23.2 Å². The average Bonchev–Trinajstić information content (AvgIpc) is 2.97. The molecular weight excluding hydrogens is 359 g/mol. The van der Waals surface area contributed by atoms with Crippen molar-refractivity contribution in [3.05, 3.63) is 62.6 Å². The number of ether oxygens (including phenoxy) is 1. The van der Waals surface area contributed by atoms with Crippen molar-refractivity contribution in [2.45, 2.75) is 26.3 Å². The van der Waals surface area contributed by atoms with E-state index < -0.39 is 5.97 Å². The van der Waals surface area contributed by atoms with Gasteiger partial charge in [-0.1, -0.05) is 35.3 Å². The van der Waals surface area contributed by atoms with Gasteiger partial charge < -0.3 is 10.5 Å². The Bertz CT molecular complexity index is 863. The van der Waals surface area contributed by atoms with Gasteiger partial charge in [0.2, 0.25) is 0 Å². The molecule has 0 saturated heterocycles. The van der Waals surface area contributed by atoms with Gasteiger partial charge in [-0.2, -0.15) is 0 Å². The minimum absolute atomic E-state index is 0.302. The average molecular weight is 377 g/mol. The molecule has 0 saturated carbocycles. The molecule has 0 aromatic heterocycles. The van der Waals surface area contributed by atoms with Gasteiger partial charge in [-0.3, -0.25) is 4.99 Å². The van der Waals surface area contributed by atoms with E-state index in [9.17, 15) is 4.79 Å². The molecule has 0 fully saturated rings. The Balaban J connectivity index is 1.86. The van der Waals surface area contributed by atoms with E-state index in [4.69, 9.17) is 33.7 Å². The zero-order chi connectivity index (χ0) is 18.0. The quantitative estimate of drug-likeness (QED) is 0.781. The predicted molar refractivity (Wildman–Crippen MR) is 101 cm³/mol. The molecule has 130 valence electrons. The number of nitrogens with zero attached hydrogens (tertiary/aromatic N) is 1. The highest BCUT2D eigenvalue weighted by Gasteiger charge is 2.21. The van der Waals surface area contributed by atoms with E-state index in [2.05, 4.69) is 4.99 Å². The molecule has 1 aliphatic heterocycles. The molecule has 0 bridgehead atoms. The van der Waals surface area contributed by atoms with Gasteiger partial charge in [0.25, 0.3) is 0 Å². The number of rotatable bonds is 5. The van der Waals surface area contributed by atoms with E-state index >= 15 is 0 Å². The number of aliphatic imine (C=N–C) groups is 1. The van der Waals surface area contributed by atoms with Crippen LogP contribution in [0.15, 0.2) is 35.3 Å². The molecule has 0 atom stereocenters. The summed E-state index contributed by atoms with van der Waals surface area (Å²) in [5.41, 5.74) is 10.8. The first-order valence-electron chi connectivity index (χ1n) is 8.05. The van der Waals surface area contributed by atoms with Gasteiger partial charge in [0.05, 0.1) is 22.9 Å². The first kappa shape index (κ1) is 17.9. The number of hydrogen-bond donors (Lipinski definition) is 1. The van der Waals surface area contributed by atoms with Crippen molar-refractivity contribution >= 4 is 40.6 Å². The Morgan fingerprint density at radius 2 is 2.04 bits per heavy atom. The van der Waals surface area contributed by atoms with Crippen LogP contribution in [0.3, 0.4) is 0 Å². The number of carbonyl (C=O) groups is 1. The lowest BCUT2D eigenvalue weighted by atomic mass is 10.0. The van der Waals surface area contributed by atoms with Gasteiger partial charge in [0.1, 0.15) is 0 Å². The summed E-state index contributed by atoms with van der Waals surface area (Å²) in [6.07, 6.45) is 1.31. The maximum absolute atomic E-state index is 12.0. The number of benzene rings is 2. The van der Waals surface area contributed by atoms with Crippen molar-refractivity contribution < 1.29 is 9.53 Å². The van der Waals surface area contributed by atoms with Crippen LogP contribution < -0.4 is 5.73 Å². The number of fused-ring (bicyclic) bond motifs is 1. The lowest BCUT2D eigenvalue weighted by Gasteiger charge is -2.07. The molecule has 0 aliphatic carbocycles. The van der Waals surface area contributed by atoms with Gasteiger partial charge in [-0.05, 0) is 41.8 Å². The predicted octanol–water partition coefficient (Wildman–Crippen LogP) is 4.50. The normalized spacial score (nSPS) is 12.7. The maximum Gasteiger partial charge on any atom is 0.339 e. The SMILES string of the molecule is CCOC(=O)c1cc2c(cc1Cl)CC(Cc1cc(CN)ccc1Cl)=N2. The summed E-state index contributed by atoms with van der Waals surface area (Å²) in [5, 5.41) is 1.08. The van der Waals surface area contributed by atoms with E-state index in [0.717, 1.165) is 28.1 Å². The lowest BCUT2D eigenvalue weighted by molar-refractivity contribution is 0.0526. The zero-order valence-electron chi connectivity index (χ0n) is 13.8. The highest BCUT2D eigenvalue weighted by molar-refractivity contribution is 6.34. The molecule has 2 aromatic rings. The topological polar surface area (TPSA) is 64.7 Å². The minimum Gasteiger partial charge on any atom is -0.462 e. The van der Waals surface area contributed by atoms with E-state index in [0.29, 0.717) is 41.6 Å². The molecular formula is C19H18Cl2N2O2. The Labute approximate surface area is 156 Å². The van der Waals surface area contributed by atoms with E-state index in [-0.39, 0.29) is 0 Å². The largest absolute Gasteiger partial charge is 0.462 e. The zero-order valence-corrected chi connectivity index (χ0v) is 15.3. The molecule has 2 aromatic carbocycles. The fraction of sp³-hybridized carbons (Fsp3) is 0.263. The molecule has 1 heterocycles. The summed E-state index contributed by atoms with van der Waals surface area (Å²) < 4.78 is 5.03. The van der Waals surface area contributed by atoms with Crippen molar-refractivity contribution in [1.82, 2.24) is 0 Å². The molecule has 0 radical (unpaired) electrons. The summed E-state index contributed by atoms with van der Waals surface area (Å²) >= 11 is 12.5. The first-order valence-corrected chi connectivity index (χ1v) is 8.80. The summed E-state index contributed by atoms with van der Waals surface area (Å²) in [7, 11) is 0. The van der Waals surface area contributed by atoms with Gasteiger partial charge >= 0.3 is 5.97 Å². The van der Waals surface area contributed by atoms with Crippen LogP contribution in [-0.4, -0.2) is 18.3 Å². The third-order valence-corrected chi connectivity index (χ3v) is 4.76. The molecule has 0 spiro atoms. The highest BCUT2D eigenvalue weighted by Crippen LogP contribution is 2.34. The van der Waals surface area contributed by atoms with Crippen molar-refractivity contribution in [3.63, 3.8) is 0 Å². The van der Waals surface area contributed by atoms with E-state index in [1.54, 1.807) is 19.1 Å². The smallest absolute Gasteiger partial charge is 0.339 e. The number of esters is 1. The molecule has 4 nitrogen and oxygen atoms in total. The van der Waals surface area contributed by atoms with Crippen LogP contribution in [0.4, 0.5) is 5.69 Å². The van der Waals surface area contributed by atoms with Gasteiger partial charge in [0.15, 0.2) is 0 Å². The first-order chi connectivity index (χ1) is 12.0. The van der Waals surface area contributed by atoms with E-state index in [1.165, 1.54) is 0 Å². The van der Waals surface area contributed by atoms with Crippen LogP contribution in [0.25, 0.3) is 0 Å². The van der Waals surface area contributed by atoms with Crippen LogP contribution in [0, 0.1) is 0 Å². The van der Waals surface area contributed by atoms with Crippen molar-refractivity contribution in [3.8, 4) is 0 Å². The Kier molecular flexibility index (Phi) is 5.42. The fourth-order valence-corrected chi connectivity index (χ4v) is 3.30. The van der Waals surface area contributed by atoms with Gasteiger partial charge in [-0.15, -0.1) is 0 Å². The number of carbonyl (C=O) groups excluding carboxylic acids is 1. The Morgan fingerprint density at radius 1 is 1.24 bits per heavy atom. The molecule has 0 unspecified atom stereocenters. The van der Waals surface area contributed by atoms with Crippen LogP contribution in [-0.2, 0) is 24.1 Å². The Morgan fingerprint density at radius 3 is 2.76 bits per heavy atom. The summed E-state index contributed by atoms with van der Waals surface area (Å²) in [6, 6.07) is 9.27. The van der Waals surface area contributed by atoms with Crippen LogP contribution in [0.5, 0.6) is 0 Å². The van der Waals surface area contributed by atoms with Crippen molar-refractivity contribution in [2.75, 3.05) is 6.61 Å². The van der Waals surface area contributed by atoms with E-state index in [1.807, 2.05) is 18.2 Å². The molecule has 0 amide bonds. The summed E-state index contributed by atoms with van der Waals surface area (Å²) in [5.74, 6) is -0.433. The Hall–Kier alpha value is -1.88. The number of halogens is 2. The van der Waals surface area contributed by atoms with Crippen molar-refractivity contribution in [2.24, 2.45) is 10.7 Å². The highest BCUT2D eigenvalue weighted by atomic mass is 35.5. The second-order valence-electron chi connectivity index (χ2n) is 5.84. The maximum atomic E-state index is 12.0. The lowest BCUT2D eigenvalue weighted by Crippen LogP contribution is -2.06. The molecule has 25 heavy (non-hydrogen) atoms. The monoisotopic (exact) mass is 376 g/mol. The second kappa shape index (κ2) is 7.56. The summed E-state index contributed by atoms with van der Waals surface area (Å²) in [4.78, 5) is 16.6. The number of nitrogens with two attached hydrogens (primary N) is 1. The van der Waals surface area contributed by atoms with Crippen molar-refractivity contribution in [1.29, 1.82) is 0 Å². The molecule has 6 heteroatoms. The standard InChI is InChI=1S/C19H18Cl2N2O2/c1-2-25-19(24)15-9-18-13(8-17(15)21)7-14(23-18)6-12-5-11(10-22)3-4-16(12)20/h3-5,8-9H,2,6-7,10,22H2,1H3. The molecule has 3 rings (SSSR count). The van der Waals surface area contributed by atoms with Gasteiger partial charge in [0, 0.05) is 30.1 Å².